The molecule has 2 aliphatic carbocycles. The molecule has 40 heavy (non-hydrogen) atoms. The molecule has 2 fully saturated rings. The Morgan fingerprint density at radius 3 is 2.35 bits per heavy atom. The molecule has 0 radical (unpaired) electrons. The number of fused-ring (bicyclic) bond motifs is 4. The second-order valence-corrected chi connectivity index (χ2v) is 11.5. The van der Waals surface area contributed by atoms with E-state index in [2.05, 4.69) is 23.5 Å². The van der Waals surface area contributed by atoms with Crippen molar-refractivity contribution in [2.45, 2.75) is 56.1 Å². The summed E-state index contributed by atoms with van der Waals surface area (Å²) < 4.78 is 30.2. The zero-order chi connectivity index (χ0) is 27.4. The van der Waals surface area contributed by atoms with Crippen molar-refractivity contribution in [3.8, 4) is 0 Å². The smallest absolute Gasteiger partial charge is 0.323 e. The number of nitrogens with one attached hydrogen (secondary N) is 1. The van der Waals surface area contributed by atoms with Gasteiger partial charge in [0.15, 0.2) is 11.6 Å². The van der Waals surface area contributed by atoms with Gasteiger partial charge in [-0.15, -0.1) is 0 Å². The Kier molecular flexibility index (Phi) is 5.99. The molecule has 2 aliphatic heterocycles. The molecule has 2 bridgehead atoms. The Morgan fingerprint density at radius 1 is 0.975 bits per heavy atom. The van der Waals surface area contributed by atoms with E-state index in [4.69, 9.17) is 0 Å². The molecule has 2 heterocycles. The first-order valence-corrected chi connectivity index (χ1v) is 14.2. The second-order valence-electron chi connectivity index (χ2n) is 11.5. The number of hydrogen-bond acceptors (Lipinski definition) is 2. The molecule has 5 nitrogen and oxygen atoms in total. The lowest BCUT2D eigenvalue weighted by molar-refractivity contribution is -0.138. The summed E-state index contributed by atoms with van der Waals surface area (Å²) in [5, 5.41) is 2.80. The van der Waals surface area contributed by atoms with E-state index in [-0.39, 0.29) is 23.4 Å². The van der Waals surface area contributed by atoms with E-state index in [9.17, 15) is 14.0 Å². The van der Waals surface area contributed by atoms with Crippen molar-refractivity contribution in [3.63, 3.8) is 0 Å². The lowest BCUT2D eigenvalue weighted by Crippen LogP contribution is -2.63. The molecule has 1 N–H and O–H groups in total. The van der Waals surface area contributed by atoms with Gasteiger partial charge in [-0.1, -0.05) is 79.6 Å². The maximum Gasteiger partial charge on any atom is 0.323 e. The van der Waals surface area contributed by atoms with Gasteiger partial charge < -0.3 is 15.1 Å². The SMILES string of the molecule is O=C([C@@H](Cc1ccccc1)N1C(=O)Nc2ccc(F)c(F)c2C12CCCC2)N1C[C@H]2C[C@@H]1C=C2c1ccccc1. The van der Waals surface area contributed by atoms with Crippen molar-refractivity contribution < 1.29 is 18.4 Å². The number of hydrogen-bond donors (Lipinski definition) is 1. The molecule has 7 heteroatoms. The van der Waals surface area contributed by atoms with Gasteiger partial charge in [0.1, 0.15) is 6.04 Å². The van der Waals surface area contributed by atoms with Gasteiger partial charge in [-0.3, -0.25) is 4.79 Å². The van der Waals surface area contributed by atoms with E-state index < -0.39 is 29.2 Å². The van der Waals surface area contributed by atoms with Crippen LogP contribution in [0.4, 0.5) is 19.3 Å². The molecule has 0 aromatic heterocycles. The number of anilines is 1. The molecular weight excluding hydrogens is 508 g/mol. The Bertz CT molecular complexity index is 1500. The molecule has 3 amide bonds. The second kappa shape index (κ2) is 9.58. The highest BCUT2D eigenvalue weighted by atomic mass is 19.2. The molecule has 3 aromatic rings. The summed E-state index contributed by atoms with van der Waals surface area (Å²) in [4.78, 5) is 31.9. The molecule has 3 atom stereocenters. The van der Waals surface area contributed by atoms with E-state index in [0.717, 1.165) is 30.9 Å². The highest BCUT2D eigenvalue weighted by molar-refractivity contribution is 5.98. The minimum absolute atomic E-state index is 0.0557. The summed E-state index contributed by atoms with van der Waals surface area (Å²) in [7, 11) is 0. The highest BCUT2D eigenvalue weighted by Gasteiger charge is 2.55. The topological polar surface area (TPSA) is 52.7 Å². The van der Waals surface area contributed by atoms with Crippen molar-refractivity contribution in [2.75, 3.05) is 11.9 Å². The third kappa shape index (κ3) is 3.86. The minimum Gasteiger partial charge on any atom is -0.334 e. The first-order valence-electron chi connectivity index (χ1n) is 14.2. The Balaban J connectivity index is 1.30. The number of amides is 3. The fraction of sp³-hybridized carbons (Fsp3) is 0.333. The fourth-order valence-electron chi connectivity index (χ4n) is 7.62. The van der Waals surface area contributed by atoms with Crippen LogP contribution in [0.15, 0.2) is 78.9 Å². The molecule has 1 saturated heterocycles. The summed E-state index contributed by atoms with van der Waals surface area (Å²) in [6, 6.07) is 21.0. The summed E-state index contributed by atoms with van der Waals surface area (Å²) in [6.45, 7) is 0.581. The molecule has 1 spiro atoms. The molecular formula is C33H31F2N3O2. The van der Waals surface area contributed by atoms with Gasteiger partial charge in [0.2, 0.25) is 5.91 Å². The average molecular weight is 540 g/mol. The van der Waals surface area contributed by atoms with Crippen LogP contribution in [0, 0.1) is 17.6 Å². The maximum absolute atomic E-state index is 15.5. The van der Waals surface area contributed by atoms with E-state index >= 15 is 4.39 Å². The number of nitrogens with zero attached hydrogens (tertiary/aromatic N) is 2. The van der Waals surface area contributed by atoms with Crippen LogP contribution in [-0.2, 0) is 16.8 Å². The van der Waals surface area contributed by atoms with Crippen molar-refractivity contribution >= 4 is 23.2 Å². The van der Waals surface area contributed by atoms with Gasteiger partial charge in [0.05, 0.1) is 17.3 Å². The Labute approximate surface area is 232 Å². The van der Waals surface area contributed by atoms with Gasteiger partial charge in [-0.25, -0.2) is 13.6 Å². The van der Waals surface area contributed by atoms with Gasteiger partial charge in [-0.2, -0.15) is 0 Å². The first kappa shape index (κ1) is 25.0. The molecule has 1 saturated carbocycles. The monoisotopic (exact) mass is 539 g/mol. The van der Waals surface area contributed by atoms with Crippen LogP contribution < -0.4 is 5.32 Å². The van der Waals surface area contributed by atoms with Crippen molar-refractivity contribution in [1.82, 2.24) is 9.80 Å². The van der Waals surface area contributed by atoms with Crippen LogP contribution in [0.5, 0.6) is 0 Å². The van der Waals surface area contributed by atoms with Gasteiger partial charge in [0.25, 0.3) is 0 Å². The molecule has 3 aromatic carbocycles. The van der Waals surface area contributed by atoms with E-state index in [1.54, 1.807) is 4.90 Å². The van der Waals surface area contributed by atoms with Crippen molar-refractivity contribution in [3.05, 3.63) is 107 Å². The Morgan fingerprint density at radius 2 is 1.68 bits per heavy atom. The Hall–Kier alpha value is -4.00. The quantitative estimate of drug-likeness (QED) is 0.402. The maximum atomic E-state index is 15.5. The van der Waals surface area contributed by atoms with E-state index in [1.807, 2.05) is 53.4 Å². The van der Waals surface area contributed by atoms with Crippen LogP contribution >= 0.6 is 0 Å². The van der Waals surface area contributed by atoms with E-state index in [1.165, 1.54) is 17.2 Å². The number of carbonyl (C=O) groups excluding carboxylic acids is 2. The number of urea groups is 1. The number of halogens is 2. The molecule has 204 valence electrons. The van der Waals surface area contributed by atoms with Crippen molar-refractivity contribution in [2.24, 2.45) is 5.92 Å². The zero-order valence-corrected chi connectivity index (χ0v) is 22.2. The summed E-state index contributed by atoms with van der Waals surface area (Å²) in [5.41, 5.74) is 2.74. The average Bonchev–Trinajstić information content (AvgIpc) is 3.72. The third-order valence-corrected chi connectivity index (χ3v) is 9.33. The van der Waals surface area contributed by atoms with E-state index in [0.29, 0.717) is 31.5 Å². The summed E-state index contributed by atoms with van der Waals surface area (Å²) >= 11 is 0. The molecule has 0 unspecified atom stereocenters. The van der Waals surface area contributed by atoms with Crippen LogP contribution in [-0.4, -0.2) is 40.4 Å². The summed E-state index contributed by atoms with van der Waals surface area (Å²) in [5.74, 6) is -1.79. The minimum atomic E-state index is -1.08. The predicted molar refractivity (Wildman–Crippen MR) is 149 cm³/mol. The molecule has 4 aliphatic rings. The first-order chi connectivity index (χ1) is 19.5. The van der Waals surface area contributed by atoms with Gasteiger partial charge in [-0.05, 0) is 48.1 Å². The largest absolute Gasteiger partial charge is 0.334 e. The zero-order valence-electron chi connectivity index (χ0n) is 22.2. The standard InChI is InChI=1S/C33H31F2N3O2/c34-26-13-14-27-29(30(26)35)33(15-7-8-16-33)38(32(40)36-27)28(17-21-9-3-1-4-10-21)31(39)37-20-23-18-24(37)19-25(23)22-11-5-2-6-12-22/h1-6,9-14,19,23-24,28H,7-8,15-18,20H2,(H,36,40)/t23-,24-,28-/m1/s1. The lowest BCUT2D eigenvalue weighted by atomic mass is 9.81. The van der Waals surface area contributed by atoms with Gasteiger partial charge >= 0.3 is 6.03 Å². The number of benzene rings is 3. The molecule has 7 rings (SSSR count). The summed E-state index contributed by atoms with van der Waals surface area (Å²) in [6.07, 6.45) is 5.84. The van der Waals surface area contributed by atoms with Crippen LogP contribution in [0.3, 0.4) is 0 Å². The van der Waals surface area contributed by atoms with Crippen LogP contribution in [0.2, 0.25) is 0 Å². The van der Waals surface area contributed by atoms with Crippen molar-refractivity contribution in [1.29, 1.82) is 0 Å². The normalized spacial score (nSPS) is 23.2. The number of rotatable bonds is 5. The number of carbonyl (C=O) groups is 2. The number of likely N-dealkylation sites (tertiary alicyclic amines) is 1. The van der Waals surface area contributed by atoms with Gasteiger partial charge in [0, 0.05) is 24.4 Å². The van der Waals surface area contributed by atoms with Crippen LogP contribution in [0.1, 0.15) is 48.8 Å². The van der Waals surface area contributed by atoms with Crippen LogP contribution in [0.25, 0.3) is 5.57 Å². The fourth-order valence-corrected chi connectivity index (χ4v) is 7.62. The lowest BCUT2D eigenvalue weighted by Gasteiger charge is -2.50. The third-order valence-electron chi connectivity index (χ3n) is 9.33. The highest BCUT2D eigenvalue weighted by Crippen LogP contribution is 2.52. The predicted octanol–water partition coefficient (Wildman–Crippen LogP) is 6.51.